The van der Waals surface area contributed by atoms with E-state index in [0.29, 0.717) is 35.6 Å². The monoisotopic (exact) mass is 488 g/mol. The van der Waals surface area contributed by atoms with Crippen molar-refractivity contribution in [3.63, 3.8) is 0 Å². The van der Waals surface area contributed by atoms with E-state index in [2.05, 4.69) is 5.32 Å². The smallest absolute Gasteiger partial charge is 0.250 e. The summed E-state index contributed by atoms with van der Waals surface area (Å²) >= 11 is 0. The topological polar surface area (TPSA) is 67.9 Å². The zero-order valence-electron chi connectivity index (χ0n) is 20.0. The standard InChI is InChI=1S/C29H29FN2O4/c30-24-12-6-5-11-22(24)19-32(27(33)17-21-9-3-1-4-10-21)29(15-7-2-8-16-29)28(34)31-23-13-14-25-26(18-23)36-20-35-25/h1,3-6,9-14,18H,2,7-8,15-17,19-20H2,(H,31,34). The quantitative estimate of drug-likeness (QED) is 0.479. The summed E-state index contributed by atoms with van der Waals surface area (Å²) in [5, 5.41) is 3.02. The average molecular weight is 489 g/mol. The van der Waals surface area contributed by atoms with E-state index in [0.717, 1.165) is 24.8 Å². The highest BCUT2D eigenvalue weighted by Crippen LogP contribution is 2.38. The Labute approximate surface area is 210 Å². The first kappa shape index (κ1) is 23.9. The van der Waals surface area contributed by atoms with E-state index >= 15 is 0 Å². The van der Waals surface area contributed by atoms with Gasteiger partial charge in [0.2, 0.25) is 18.6 Å². The average Bonchev–Trinajstić information content (AvgIpc) is 3.37. The van der Waals surface area contributed by atoms with Gasteiger partial charge in [0.25, 0.3) is 0 Å². The van der Waals surface area contributed by atoms with Crippen molar-refractivity contribution >= 4 is 17.5 Å². The van der Waals surface area contributed by atoms with Crippen molar-refractivity contribution in [3.8, 4) is 11.5 Å². The maximum atomic E-state index is 14.7. The molecule has 1 aliphatic carbocycles. The van der Waals surface area contributed by atoms with Gasteiger partial charge in [-0.05, 0) is 36.6 Å². The number of fused-ring (bicyclic) bond motifs is 1. The Bertz CT molecular complexity index is 1240. The van der Waals surface area contributed by atoms with Gasteiger partial charge in [-0.1, -0.05) is 67.8 Å². The number of rotatable bonds is 7. The fourth-order valence-electron chi connectivity index (χ4n) is 5.12. The van der Waals surface area contributed by atoms with Crippen LogP contribution in [-0.2, 0) is 22.6 Å². The van der Waals surface area contributed by atoms with Crippen LogP contribution in [-0.4, -0.2) is 29.0 Å². The highest BCUT2D eigenvalue weighted by atomic mass is 19.1. The molecule has 0 radical (unpaired) electrons. The van der Waals surface area contributed by atoms with Gasteiger partial charge in [0.15, 0.2) is 11.5 Å². The summed E-state index contributed by atoms with van der Waals surface area (Å²) in [6, 6.07) is 21.1. The lowest BCUT2D eigenvalue weighted by Gasteiger charge is -2.45. The minimum absolute atomic E-state index is 0.0207. The zero-order valence-corrected chi connectivity index (χ0v) is 20.0. The van der Waals surface area contributed by atoms with Crippen LogP contribution in [0.3, 0.4) is 0 Å². The minimum atomic E-state index is -1.09. The van der Waals surface area contributed by atoms with Crippen LogP contribution >= 0.6 is 0 Å². The molecular formula is C29H29FN2O4. The third-order valence-corrected chi connectivity index (χ3v) is 7.04. The molecule has 1 N–H and O–H groups in total. The molecule has 0 atom stereocenters. The van der Waals surface area contributed by atoms with Crippen molar-refractivity contribution in [1.29, 1.82) is 0 Å². The highest BCUT2D eigenvalue weighted by Gasteiger charge is 2.47. The third kappa shape index (κ3) is 4.91. The number of carbonyl (C=O) groups excluding carboxylic acids is 2. The second-order valence-electron chi connectivity index (χ2n) is 9.35. The summed E-state index contributed by atoms with van der Waals surface area (Å²) in [6.07, 6.45) is 3.76. The molecule has 1 fully saturated rings. The van der Waals surface area contributed by atoms with Gasteiger partial charge >= 0.3 is 0 Å². The van der Waals surface area contributed by atoms with Crippen LogP contribution in [0.4, 0.5) is 10.1 Å². The van der Waals surface area contributed by atoms with Crippen molar-refractivity contribution in [2.75, 3.05) is 12.1 Å². The molecule has 3 aromatic carbocycles. The number of ether oxygens (including phenoxy) is 2. The molecule has 5 rings (SSSR count). The summed E-state index contributed by atoms with van der Waals surface area (Å²) in [5.41, 5.74) is 0.710. The molecule has 7 heteroatoms. The molecule has 0 saturated heterocycles. The lowest BCUT2D eigenvalue weighted by molar-refractivity contribution is -0.148. The molecule has 0 bridgehead atoms. The summed E-state index contributed by atoms with van der Waals surface area (Å²) in [7, 11) is 0. The van der Waals surface area contributed by atoms with Gasteiger partial charge in [0.1, 0.15) is 11.4 Å². The number of benzene rings is 3. The van der Waals surface area contributed by atoms with E-state index in [-0.39, 0.29) is 31.6 Å². The molecule has 0 spiro atoms. The number of nitrogens with one attached hydrogen (secondary N) is 1. The first-order valence-corrected chi connectivity index (χ1v) is 12.3. The molecule has 0 unspecified atom stereocenters. The van der Waals surface area contributed by atoms with Gasteiger partial charge < -0.3 is 19.7 Å². The van der Waals surface area contributed by atoms with Gasteiger partial charge in [-0.15, -0.1) is 0 Å². The van der Waals surface area contributed by atoms with Crippen LogP contribution < -0.4 is 14.8 Å². The fraction of sp³-hybridized carbons (Fsp3) is 0.310. The van der Waals surface area contributed by atoms with Crippen molar-refractivity contribution in [1.82, 2.24) is 4.90 Å². The van der Waals surface area contributed by atoms with Crippen LogP contribution in [0.15, 0.2) is 72.8 Å². The van der Waals surface area contributed by atoms with E-state index in [4.69, 9.17) is 9.47 Å². The van der Waals surface area contributed by atoms with Crippen molar-refractivity contribution in [2.45, 2.75) is 50.6 Å². The lowest BCUT2D eigenvalue weighted by Crippen LogP contribution is -2.60. The Morgan fingerprint density at radius 1 is 0.889 bits per heavy atom. The van der Waals surface area contributed by atoms with Gasteiger partial charge in [0, 0.05) is 23.9 Å². The second-order valence-corrected chi connectivity index (χ2v) is 9.35. The molecule has 2 aliphatic rings. The number of anilines is 1. The maximum Gasteiger partial charge on any atom is 0.250 e. The van der Waals surface area contributed by atoms with Crippen molar-refractivity contribution in [3.05, 3.63) is 89.7 Å². The van der Waals surface area contributed by atoms with Crippen LogP contribution in [0.1, 0.15) is 43.2 Å². The van der Waals surface area contributed by atoms with Gasteiger partial charge in [-0.25, -0.2) is 4.39 Å². The Balaban J connectivity index is 1.49. The SMILES string of the molecule is O=C(Cc1ccccc1)N(Cc1ccccc1F)C1(C(=O)Nc2ccc3c(c2)OCO3)CCCCC1. The van der Waals surface area contributed by atoms with E-state index in [1.807, 2.05) is 30.3 Å². The van der Waals surface area contributed by atoms with Crippen molar-refractivity contribution < 1.29 is 23.5 Å². The Hall–Kier alpha value is -3.87. The van der Waals surface area contributed by atoms with Crippen LogP contribution in [0.2, 0.25) is 0 Å². The molecule has 1 aliphatic heterocycles. The largest absolute Gasteiger partial charge is 0.454 e. The van der Waals surface area contributed by atoms with Gasteiger partial charge in [0.05, 0.1) is 6.42 Å². The predicted molar refractivity (Wildman–Crippen MR) is 134 cm³/mol. The number of nitrogens with zero attached hydrogens (tertiary/aromatic N) is 1. The van der Waals surface area contributed by atoms with E-state index < -0.39 is 11.4 Å². The number of amides is 2. The number of hydrogen-bond acceptors (Lipinski definition) is 4. The van der Waals surface area contributed by atoms with Gasteiger partial charge in [-0.2, -0.15) is 0 Å². The molecule has 186 valence electrons. The summed E-state index contributed by atoms with van der Waals surface area (Å²) in [6.45, 7) is 0.161. The molecule has 1 saturated carbocycles. The van der Waals surface area contributed by atoms with E-state index in [1.54, 1.807) is 41.3 Å². The molecule has 6 nitrogen and oxygen atoms in total. The van der Waals surface area contributed by atoms with Crippen LogP contribution in [0.25, 0.3) is 0 Å². The van der Waals surface area contributed by atoms with Crippen molar-refractivity contribution in [2.24, 2.45) is 0 Å². The van der Waals surface area contributed by atoms with Crippen LogP contribution in [0, 0.1) is 5.82 Å². The number of halogens is 1. The molecule has 1 heterocycles. The zero-order chi connectivity index (χ0) is 25.0. The van der Waals surface area contributed by atoms with Crippen LogP contribution in [0.5, 0.6) is 11.5 Å². The maximum absolute atomic E-state index is 14.7. The minimum Gasteiger partial charge on any atom is -0.454 e. The Morgan fingerprint density at radius 3 is 2.39 bits per heavy atom. The first-order valence-electron chi connectivity index (χ1n) is 12.3. The number of carbonyl (C=O) groups is 2. The highest BCUT2D eigenvalue weighted by molar-refractivity contribution is 6.01. The normalized spacial score (nSPS) is 15.8. The fourth-order valence-corrected chi connectivity index (χ4v) is 5.12. The molecule has 0 aromatic heterocycles. The molecule has 3 aromatic rings. The summed E-state index contributed by atoms with van der Waals surface area (Å²) in [5.74, 6) is 0.330. The molecule has 36 heavy (non-hydrogen) atoms. The molecular weight excluding hydrogens is 459 g/mol. The predicted octanol–water partition coefficient (Wildman–Crippen LogP) is 5.47. The Morgan fingerprint density at radius 2 is 1.61 bits per heavy atom. The lowest BCUT2D eigenvalue weighted by atomic mass is 9.78. The first-order chi connectivity index (χ1) is 17.5. The van der Waals surface area contributed by atoms with Gasteiger partial charge in [-0.3, -0.25) is 9.59 Å². The van der Waals surface area contributed by atoms with E-state index in [9.17, 15) is 14.0 Å². The van der Waals surface area contributed by atoms with E-state index in [1.165, 1.54) is 6.07 Å². The second kappa shape index (κ2) is 10.4. The number of hydrogen-bond donors (Lipinski definition) is 1. The third-order valence-electron chi connectivity index (χ3n) is 7.04. The Kier molecular flexibility index (Phi) is 6.89. The molecule has 2 amide bonds. The summed E-state index contributed by atoms with van der Waals surface area (Å²) < 4.78 is 25.6. The summed E-state index contributed by atoms with van der Waals surface area (Å²) in [4.78, 5) is 29.4.